The van der Waals surface area contributed by atoms with Crippen molar-refractivity contribution in [2.75, 3.05) is 19.4 Å². The lowest BCUT2D eigenvalue weighted by atomic mass is 10.3. The molecule has 0 aliphatic rings. The molecule has 2 N–H and O–H groups in total. The van der Waals surface area contributed by atoms with Crippen molar-refractivity contribution in [2.24, 2.45) is 0 Å². The van der Waals surface area contributed by atoms with Gasteiger partial charge in [0.05, 0.1) is 18.8 Å². The van der Waals surface area contributed by atoms with Gasteiger partial charge in [-0.2, -0.15) is 0 Å². The van der Waals surface area contributed by atoms with E-state index in [-0.39, 0.29) is 11.5 Å². The van der Waals surface area contributed by atoms with Crippen LogP contribution in [0, 0.1) is 5.82 Å². The zero-order chi connectivity index (χ0) is 16.3. The van der Waals surface area contributed by atoms with E-state index in [1.807, 2.05) is 0 Å². The Bertz CT molecular complexity index is 760. The lowest BCUT2D eigenvalue weighted by Crippen LogP contribution is -2.23. The molecule has 2 aromatic rings. The number of halogens is 1. The summed E-state index contributed by atoms with van der Waals surface area (Å²) >= 11 is 1.38. The van der Waals surface area contributed by atoms with Crippen LogP contribution in [0.15, 0.2) is 28.5 Å². The molecule has 0 saturated carbocycles. The highest BCUT2D eigenvalue weighted by atomic mass is 32.2. The van der Waals surface area contributed by atoms with E-state index < -0.39 is 15.8 Å². The van der Waals surface area contributed by atoms with Crippen molar-refractivity contribution >= 4 is 27.0 Å². The van der Waals surface area contributed by atoms with Crippen molar-refractivity contribution in [3.8, 4) is 0 Å². The van der Waals surface area contributed by atoms with Gasteiger partial charge >= 0.3 is 0 Å². The summed E-state index contributed by atoms with van der Waals surface area (Å²) in [4.78, 5) is 3.79. The number of aromatic nitrogens is 1. The van der Waals surface area contributed by atoms with Crippen LogP contribution in [-0.4, -0.2) is 36.9 Å². The van der Waals surface area contributed by atoms with Gasteiger partial charge in [0.15, 0.2) is 0 Å². The van der Waals surface area contributed by atoms with Gasteiger partial charge in [0.2, 0.25) is 10.0 Å². The summed E-state index contributed by atoms with van der Waals surface area (Å²) in [6.45, 7) is 0.232. The van der Waals surface area contributed by atoms with Crippen molar-refractivity contribution in [3.63, 3.8) is 0 Å². The Kier molecular flexibility index (Phi) is 5.12. The fourth-order valence-electron chi connectivity index (χ4n) is 1.69. The van der Waals surface area contributed by atoms with E-state index in [9.17, 15) is 12.8 Å². The van der Waals surface area contributed by atoms with Crippen LogP contribution in [0.5, 0.6) is 0 Å². The molecule has 22 heavy (non-hydrogen) atoms. The van der Waals surface area contributed by atoms with Crippen LogP contribution in [0.3, 0.4) is 0 Å². The topological polar surface area (TPSA) is 82.5 Å². The minimum Gasteiger partial charge on any atom is -0.390 e. The van der Waals surface area contributed by atoms with E-state index in [0.717, 1.165) is 15.4 Å². The molecule has 0 bridgehead atoms. The standard InChI is InChI=1S/C13H16FN3O3S2/c1-17(2)22(19,20)12-5-9(3-4-11(12)14)15-6-13-16-10(7-18)8-21-13/h3-5,8,15,18H,6-7H2,1-2H3. The molecule has 120 valence electrons. The van der Waals surface area contributed by atoms with E-state index >= 15 is 0 Å². The predicted molar refractivity (Wildman–Crippen MR) is 82.6 cm³/mol. The molecule has 9 heteroatoms. The van der Waals surface area contributed by atoms with Crippen LogP contribution >= 0.6 is 11.3 Å². The Hall–Kier alpha value is -1.55. The van der Waals surface area contributed by atoms with Gasteiger partial charge in [0, 0.05) is 25.2 Å². The van der Waals surface area contributed by atoms with Gasteiger partial charge in [-0.05, 0) is 18.2 Å². The number of thiazole rings is 1. The summed E-state index contributed by atoms with van der Waals surface area (Å²) in [5.41, 5.74) is 1.05. The van der Waals surface area contributed by atoms with Gasteiger partial charge in [0.1, 0.15) is 15.7 Å². The van der Waals surface area contributed by atoms with Crippen molar-refractivity contribution in [1.29, 1.82) is 0 Å². The summed E-state index contributed by atoms with van der Waals surface area (Å²) in [6.07, 6.45) is 0. The number of nitrogens with one attached hydrogen (secondary N) is 1. The Balaban J connectivity index is 2.19. The maximum atomic E-state index is 13.8. The molecule has 6 nitrogen and oxygen atoms in total. The highest BCUT2D eigenvalue weighted by Crippen LogP contribution is 2.22. The number of hydrogen-bond acceptors (Lipinski definition) is 6. The first kappa shape index (κ1) is 16.8. The number of aliphatic hydroxyl groups excluding tert-OH is 1. The van der Waals surface area contributed by atoms with Crippen LogP contribution in [0.1, 0.15) is 10.7 Å². The zero-order valence-corrected chi connectivity index (χ0v) is 13.7. The number of benzene rings is 1. The van der Waals surface area contributed by atoms with E-state index in [2.05, 4.69) is 10.3 Å². The van der Waals surface area contributed by atoms with Crippen LogP contribution < -0.4 is 5.32 Å². The average Bonchev–Trinajstić information content (AvgIpc) is 2.94. The molecule has 0 saturated heterocycles. The van der Waals surface area contributed by atoms with Crippen molar-refractivity contribution in [1.82, 2.24) is 9.29 Å². The van der Waals surface area contributed by atoms with E-state index in [0.29, 0.717) is 17.9 Å². The maximum absolute atomic E-state index is 13.8. The van der Waals surface area contributed by atoms with Crippen LogP contribution in [0.4, 0.5) is 10.1 Å². The summed E-state index contributed by atoms with van der Waals surface area (Å²) in [5.74, 6) is -0.795. The molecular formula is C13H16FN3O3S2. The van der Waals surface area contributed by atoms with Crippen LogP contribution in [-0.2, 0) is 23.2 Å². The first-order valence-corrected chi connectivity index (χ1v) is 8.66. The maximum Gasteiger partial charge on any atom is 0.245 e. The molecule has 0 amide bonds. The molecule has 0 spiro atoms. The fourth-order valence-corrected chi connectivity index (χ4v) is 3.40. The largest absolute Gasteiger partial charge is 0.390 e. The minimum atomic E-state index is -3.84. The molecule has 0 radical (unpaired) electrons. The van der Waals surface area contributed by atoms with E-state index in [4.69, 9.17) is 5.11 Å². The minimum absolute atomic E-state index is 0.127. The van der Waals surface area contributed by atoms with Crippen LogP contribution in [0.25, 0.3) is 0 Å². The molecular weight excluding hydrogens is 329 g/mol. The molecule has 0 aliphatic heterocycles. The molecule has 1 aromatic heterocycles. The summed E-state index contributed by atoms with van der Waals surface area (Å²) in [5, 5.41) is 14.4. The zero-order valence-electron chi connectivity index (χ0n) is 12.1. The third-order valence-electron chi connectivity index (χ3n) is 2.89. The second-order valence-electron chi connectivity index (χ2n) is 4.68. The van der Waals surface area contributed by atoms with Gasteiger partial charge in [-0.15, -0.1) is 11.3 Å². The summed E-state index contributed by atoms with van der Waals surface area (Å²) in [7, 11) is -1.14. The number of hydrogen-bond donors (Lipinski definition) is 2. The van der Waals surface area contributed by atoms with Crippen LogP contribution in [0.2, 0.25) is 0 Å². The highest BCUT2D eigenvalue weighted by molar-refractivity contribution is 7.89. The first-order chi connectivity index (χ1) is 10.3. The molecule has 2 rings (SSSR count). The molecule has 0 unspecified atom stereocenters. The monoisotopic (exact) mass is 345 g/mol. The van der Waals surface area contributed by atoms with Gasteiger partial charge < -0.3 is 10.4 Å². The Morgan fingerprint density at radius 3 is 2.73 bits per heavy atom. The molecule has 0 fully saturated rings. The number of anilines is 1. The van der Waals surface area contributed by atoms with Gasteiger partial charge in [0.25, 0.3) is 0 Å². The molecule has 0 atom stereocenters. The summed E-state index contributed by atoms with van der Waals surface area (Å²) < 4.78 is 38.8. The van der Waals surface area contributed by atoms with Crippen molar-refractivity contribution in [2.45, 2.75) is 18.0 Å². The third kappa shape index (κ3) is 3.61. The SMILES string of the molecule is CN(C)S(=O)(=O)c1cc(NCc2nc(CO)cs2)ccc1F. The fraction of sp³-hybridized carbons (Fsp3) is 0.308. The average molecular weight is 345 g/mol. The second-order valence-corrected chi connectivity index (χ2v) is 7.74. The normalized spacial score (nSPS) is 11.9. The highest BCUT2D eigenvalue weighted by Gasteiger charge is 2.22. The molecule has 1 heterocycles. The Morgan fingerprint density at radius 1 is 1.41 bits per heavy atom. The third-order valence-corrected chi connectivity index (χ3v) is 5.62. The molecule has 0 aliphatic carbocycles. The Morgan fingerprint density at radius 2 is 2.14 bits per heavy atom. The lowest BCUT2D eigenvalue weighted by Gasteiger charge is -2.13. The summed E-state index contributed by atoms with van der Waals surface area (Å²) in [6, 6.07) is 3.83. The number of aliphatic hydroxyl groups is 1. The Labute approximate surface area is 132 Å². The lowest BCUT2D eigenvalue weighted by molar-refractivity contribution is 0.277. The van der Waals surface area contributed by atoms with E-state index in [1.54, 1.807) is 5.38 Å². The first-order valence-electron chi connectivity index (χ1n) is 6.34. The van der Waals surface area contributed by atoms with Gasteiger partial charge in [-0.3, -0.25) is 0 Å². The quantitative estimate of drug-likeness (QED) is 0.832. The number of nitrogens with zero attached hydrogens (tertiary/aromatic N) is 2. The molecule has 1 aromatic carbocycles. The number of sulfonamides is 1. The van der Waals surface area contributed by atoms with Gasteiger partial charge in [-0.25, -0.2) is 22.1 Å². The number of rotatable bonds is 6. The van der Waals surface area contributed by atoms with Crippen molar-refractivity contribution in [3.05, 3.63) is 40.1 Å². The van der Waals surface area contributed by atoms with Gasteiger partial charge in [-0.1, -0.05) is 0 Å². The van der Waals surface area contributed by atoms with E-state index in [1.165, 1.54) is 37.6 Å². The smallest absolute Gasteiger partial charge is 0.245 e. The van der Waals surface area contributed by atoms with Crippen molar-refractivity contribution < 1.29 is 17.9 Å². The second kappa shape index (κ2) is 6.69. The predicted octanol–water partition coefficient (Wildman–Crippen LogP) is 1.64.